The van der Waals surface area contributed by atoms with Gasteiger partial charge in [0.2, 0.25) is 10.0 Å². The van der Waals surface area contributed by atoms with Gasteiger partial charge in [-0.15, -0.1) is 0 Å². The zero-order valence-corrected chi connectivity index (χ0v) is 19.3. The van der Waals surface area contributed by atoms with Gasteiger partial charge >= 0.3 is 0 Å². The van der Waals surface area contributed by atoms with Crippen LogP contribution >= 0.6 is 11.6 Å². The van der Waals surface area contributed by atoms with Crippen LogP contribution in [0.2, 0.25) is 5.02 Å². The van der Waals surface area contributed by atoms with Gasteiger partial charge in [0, 0.05) is 12.6 Å². The Balaban J connectivity index is 1.98. The summed E-state index contributed by atoms with van der Waals surface area (Å²) in [4.78, 5) is 26.1. The van der Waals surface area contributed by atoms with Gasteiger partial charge in [0.1, 0.15) is 6.17 Å². The lowest BCUT2D eigenvalue weighted by Crippen LogP contribution is -2.43. The number of amides is 1. The number of halogens is 3. The Morgan fingerprint density at radius 1 is 1.34 bits per heavy atom. The third-order valence-corrected chi connectivity index (χ3v) is 6.51. The van der Waals surface area contributed by atoms with E-state index >= 15 is 0 Å². The molecule has 2 aromatic rings. The highest BCUT2D eigenvalue weighted by atomic mass is 35.5. The highest BCUT2D eigenvalue weighted by molar-refractivity contribution is 7.88. The van der Waals surface area contributed by atoms with E-state index in [-0.39, 0.29) is 25.1 Å². The highest BCUT2D eigenvalue weighted by Gasteiger charge is 2.52. The number of rotatable bonds is 7. The second-order valence-electron chi connectivity index (χ2n) is 7.90. The molecule has 174 valence electrons. The van der Waals surface area contributed by atoms with Gasteiger partial charge in [-0.2, -0.15) is 0 Å². The summed E-state index contributed by atoms with van der Waals surface area (Å²) in [5.74, 6) is -0.883. The molecule has 1 N–H and O–H groups in total. The second-order valence-corrected chi connectivity index (χ2v) is 10.1. The molecule has 8 nitrogen and oxygen atoms in total. The molecule has 1 saturated carbocycles. The number of carbonyl (C=O) groups is 1. The molecule has 1 aromatic carbocycles. The predicted octanol–water partition coefficient (Wildman–Crippen LogP) is 2.53. The van der Waals surface area contributed by atoms with Crippen LogP contribution in [0.4, 0.5) is 8.78 Å². The zero-order chi connectivity index (χ0) is 23.7. The van der Waals surface area contributed by atoms with Gasteiger partial charge < -0.3 is 0 Å². The van der Waals surface area contributed by atoms with Crippen molar-refractivity contribution < 1.29 is 26.8 Å². The van der Waals surface area contributed by atoms with Crippen LogP contribution in [0.1, 0.15) is 18.4 Å². The maximum atomic E-state index is 14.9. The van der Waals surface area contributed by atoms with E-state index in [0.717, 1.165) is 23.7 Å². The van der Waals surface area contributed by atoms with Gasteiger partial charge in [-0.05, 0) is 37.0 Å². The first kappa shape index (κ1) is 24.4. The van der Waals surface area contributed by atoms with Crippen LogP contribution in [-0.2, 0) is 26.1 Å². The average molecular weight is 489 g/mol. The third-order valence-electron chi connectivity index (χ3n) is 5.45. The summed E-state index contributed by atoms with van der Waals surface area (Å²) < 4.78 is 53.7. The van der Waals surface area contributed by atoms with Gasteiger partial charge in [-0.25, -0.2) is 37.0 Å². The van der Waals surface area contributed by atoms with E-state index in [2.05, 4.69) is 14.7 Å². The van der Waals surface area contributed by atoms with Crippen LogP contribution in [-0.4, -0.2) is 62.0 Å². The summed E-state index contributed by atoms with van der Waals surface area (Å²) in [6.45, 7) is 0. The van der Waals surface area contributed by atoms with Gasteiger partial charge in [-0.3, -0.25) is 9.63 Å². The lowest BCUT2D eigenvalue weighted by atomic mass is 9.78. The van der Waals surface area contributed by atoms with Gasteiger partial charge in [0.15, 0.2) is 11.6 Å². The standard InChI is InChI=1S/C20H23ClF2N4O4S/c1-27(31-2)19(28)20(8-16(23)17(9-20)26-32(3,29)30)7-12-4-5-15(21)14(6-12)18-24-10-13(22)11-25-18/h4-6,10-11,16-17,26H,7-9H2,1-3H3/t16-,17+,20-/m0/s1. The number of benzene rings is 1. The summed E-state index contributed by atoms with van der Waals surface area (Å²) in [5, 5.41) is 1.33. The molecule has 1 amide bonds. The van der Waals surface area contributed by atoms with Crippen LogP contribution < -0.4 is 4.72 Å². The van der Waals surface area contributed by atoms with Crippen molar-refractivity contribution in [2.24, 2.45) is 5.41 Å². The summed E-state index contributed by atoms with van der Waals surface area (Å²) in [5.41, 5.74) is -0.212. The lowest BCUT2D eigenvalue weighted by molar-refractivity contribution is -0.180. The number of nitrogens with zero attached hydrogens (tertiary/aromatic N) is 3. The van der Waals surface area contributed by atoms with E-state index in [1.807, 2.05) is 0 Å². The minimum Gasteiger partial charge on any atom is -0.275 e. The van der Waals surface area contributed by atoms with Crippen LogP contribution in [0.25, 0.3) is 11.4 Å². The SMILES string of the molecule is CON(C)C(=O)[C@@]1(Cc2ccc(Cl)c(-c3ncc(F)cn3)c2)C[C@H](F)[C@H](NS(C)(=O)=O)C1. The van der Waals surface area contributed by atoms with E-state index in [0.29, 0.717) is 16.1 Å². The van der Waals surface area contributed by atoms with Crippen molar-refractivity contribution in [2.45, 2.75) is 31.5 Å². The molecule has 3 rings (SSSR count). The van der Waals surface area contributed by atoms with Crippen LogP contribution in [0.15, 0.2) is 30.6 Å². The number of carbonyl (C=O) groups excluding carboxylic acids is 1. The molecule has 32 heavy (non-hydrogen) atoms. The first-order valence-corrected chi connectivity index (χ1v) is 11.9. The smallest absolute Gasteiger partial charge is 0.252 e. The molecule has 0 spiro atoms. The van der Waals surface area contributed by atoms with E-state index in [1.165, 1.54) is 14.2 Å². The summed E-state index contributed by atoms with van der Waals surface area (Å²) >= 11 is 6.27. The number of alkyl halides is 1. The van der Waals surface area contributed by atoms with E-state index in [9.17, 15) is 22.0 Å². The predicted molar refractivity (Wildman–Crippen MR) is 114 cm³/mol. The fourth-order valence-electron chi connectivity index (χ4n) is 4.05. The molecule has 1 heterocycles. The van der Waals surface area contributed by atoms with Crippen molar-refractivity contribution >= 4 is 27.5 Å². The van der Waals surface area contributed by atoms with Gasteiger partial charge in [0.05, 0.1) is 42.2 Å². The zero-order valence-electron chi connectivity index (χ0n) is 17.7. The number of hydrogen-bond acceptors (Lipinski definition) is 6. The molecule has 12 heteroatoms. The molecule has 3 atom stereocenters. The Morgan fingerprint density at radius 2 is 2.00 bits per heavy atom. The number of sulfonamides is 1. The fraction of sp³-hybridized carbons (Fsp3) is 0.450. The van der Waals surface area contributed by atoms with Crippen molar-refractivity contribution in [3.63, 3.8) is 0 Å². The second kappa shape index (κ2) is 9.34. The minimum atomic E-state index is -3.68. The Bertz CT molecular complexity index is 1100. The molecular formula is C20H23ClF2N4O4S. The molecular weight excluding hydrogens is 466 g/mol. The number of nitrogens with one attached hydrogen (secondary N) is 1. The van der Waals surface area contributed by atoms with Crippen LogP contribution in [0, 0.1) is 11.2 Å². The molecule has 0 saturated heterocycles. The van der Waals surface area contributed by atoms with Crippen molar-refractivity contribution in [1.82, 2.24) is 19.8 Å². The van der Waals surface area contributed by atoms with Gasteiger partial charge in [0.25, 0.3) is 5.91 Å². The van der Waals surface area contributed by atoms with Gasteiger partial charge in [-0.1, -0.05) is 17.7 Å². The third kappa shape index (κ3) is 5.40. The van der Waals surface area contributed by atoms with E-state index in [4.69, 9.17) is 16.4 Å². The van der Waals surface area contributed by atoms with E-state index < -0.39 is 39.4 Å². The first-order chi connectivity index (χ1) is 14.9. The fourth-order valence-corrected chi connectivity index (χ4v) is 5.03. The van der Waals surface area contributed by atoms with Crippen molar-refractivity contribution in [3.8, 4) is 11.4 Å². The Labute approximate surface area is 190 Å². The molecule has 1 aromatic heterocycles. The minimum absolute atomic E-state index is 0.0568. The Morgan fingerprint density at radius 3 is 2.59 bits per heavy atom. The Kier molecular flexibility index (Phi) is 7.13. The molecule has 0 unspecified atom stereocenters. The largest absolute Gasteiger partial charge is 0.275 e. The lowest BCUT2D eigenvalue weighted by Gasteiger charge is -2.31. The normalized spacial score (nSPS) is 23.3. The highest BCUT2D eigenvalue weighted by Crippen LogP contribution is 2.45. The van der Waals surface area contributed by atoms with Crippen LogP contribution in [0.5, 0.6) is 0 Å². The molecule has 0 radical (unpaired) electrons. The van der Waals surface area contributed by atoms with Crippen molar-refractivity contribution in [2.75, 3.05) is 20.4 Å². The maximum absolute atomic E-state index is 14.9. The molecule has 0 aliphatic heterocycles. The maximum Gasteiger partial charge on any atom is 0.252 e. The summed E-state index contributed by atoms with van der Waals surface area (Å²) in [6, 6.07) is 3.88. The number of aromatic nitrogens is 2. The summed E-state index contributed by atoms with van der Waals surface area (Å²) in [6.07, 6.45) is 1.23. The first-order valence-electron chi connectivity index (χ1n) is 9.64. The Hall–Kier alpha value is -2.21. The molecule has 1 aliphatic carbocycles. The van der Waals surface area contributed by atoms with Crippen molar-refractivity contribution in [3.05, 3.63) is 47.0 Å². The van der Waals surface area contributed by atoms with Crippen molar-refractivity contribution in [1.29, 1.82) is 0 Å². The topological polar surface area (TPSA) is 101 Å². The quantitative estimate of drug-likeness (QED) is 0.601. The monoisotopic (exact) mass is 488 g/mol. The number of hydroxylamine groups is 2. The molecule has 1 aliphatic rings. The van der Waals surface area contributed by atoms with E-state index in [1.54, 1.807) is 18.2 Å². The van der Waals surface area contributed by atoms with Crippen LogP contribution in [0.3, 0.4) is 0 Å². The number of hydrogen-bond donors (Lipinski definition) is 1. The molecule has 0 bridgehead atoms. The molecule has 1 fully saturated rings. The summed E-state index contributed by atoms with van der Waals surface area (Å²) in [7, 11) is -0.955. The average Bonchev–Trinajstić information content (AvgIpc) is 3.03.